The number of thiazole rings is 1. The van der Waals surface area contributed by atoms with Crippen molar-refractivity contribution in [2.75, 3.05) is 30.5 Å². The molecule has 2 aromatic rings. The highest BCUT2D eigenvalue weighted by Gasteiger charge is 2.23. The Morgan fingerprint density at radius 3 is 2.89 bits per heavy atom. The minimum atomic E-state index is -3.31. The van der Waals surface area contributed by atoms with Gasteiger partial charge in [-0.15, -0.1) is 17.9 Å². The van der Waals surface area contributed by atoms with Gasteiger partial charge in [-0.25, -0.2) is 13.4 Å². The summed E-state index contributed by atoms with van der Waals surface area (Å²) in [5.74, 6) is -0.573. The molecule has 0 amide bonds. The van der Waals surface area contributed by atoms with E-state index in [0.717, 1.165) is 21.0 Å². The van der Waals surface area contributed by atoms with E-state index in [9.17, 15) is 13.2 Å². The van der Waals surface area contributed by atoms with Crippen LogP contribution < -0.4 is 0 Å². The Balaban J connectivity index is 1.91. The van der Waals surface area contributed by atoms with Gasteiger partial charge in [-0.3, -0.25) is 4.79 Å². The number of sulfone groups is 1. The molecule has 28 heavy (non-hydrogen) atoms. The third kappa shape index (κ3) is 7.90. The second-order valence-corrected chi connectivity index (χ2v) is 10.6. The topological polar surface area (TPSA) is 82.6 Å². The van der Waals surface area contributed by atoms with Crippen LogP contribution in [0.1, 0.15) is 19.8 Å². The summed E-state index contributed by atoms with van der Waals surface area (Å²) in [6.07, 6.45) is 2.11. The smallest absolute Gasteiger partial charge is 0.316 e. The van der Waals surface area contributed by atoms with Crippen LogP contribution in [0.25, 0.3) is 10.2 Å². The second-order valence-electron chi connectivity index (χ2n) is 6.14. The molecule has 1 aromatic heterocycles. The average molecular weight is 444 g/mol. The highest BCUT2D eigenvalue weighted by Crippen LogP contribution is 2.29. The normalized spacial score (nSPS) is 12.8. The zero-order chi connectivity index (χ0) is 20.4. The molecule has 2 rings (SSSR count). The van der Waals surface area contributed by atoms with Crippen molar-refractivity contribution in [3.63, 3.8) is 0 Å². The first-order valence-corrected chi connectivity index (χ1v) is 12.6. The summed E-state index contributed by atoms with van der Waals surface area (Å²) in [5, 5.41) is 0. The van der Waals surface area contributed by atoms with Gasteiger partial charge in [0.1, 0.15) is 6.10 Å². The Labute approximate surface area is 174 Å². The van der Waals surface area contributed by atoms with Gasteiger partial charge in [-0.05, 0) is 18.6 Å². The number of carbonyl (C=O) groups is 1. The van der Waals surface area contributed by atoms with Gasteiger partial charge in [0.05, 0.1) is 40.7 Å². The predicted molar refractivity (Wildman–Crippen MR) is 115 cm³/mol. The highest BCUT2D eigenvalue weighted by molar-refractivity contribution is 8.01. The standard InChI is InChI=1S/C19H25NO5S3/c1-3-5-11-28(22,23)14-15(12-24-10-4-2)25-18(21)13-26-19-20-16-8-6-7-9-17(16)27-19/h4,6-9,15H,2-3,5,10-14H2,1H3. The fourth-order valence-electron chi connectivity index (χ4n) is 2.38. The molecule has 1 aromatic carbocycles. The van der Waals surface area contributed by atoms with Crippen LogP contribution in [0.3, 0.4) is 0 Å². The number of rotatable bonds is 13. The van der Waals surface area contributed by atoms with E-state index in [1.807, 2.05) is 31.2 Å². The lowest BCUT2D eigenvalue weighted by atomic mass is 10.3. The van der Waals surface area contributed by atoms with Crippen molar-refractivity contribution >= 4 is 49.1 Å². The van der Waals surface area contributed by atoms with Crippen LogP contribution in [0.4, 0.5) is 0 Å². The summed E-state index contributed by atoms with van der Waals surface area (Å²) >= 11 is 2.79. The van der Waals surface area contributed by atoms with Crippen molar-refractivity contribution < 1.29 is 22.7 Å². The number of hydrogen-bond donors (Lipinski definition) is 0. The number of esters is 1. The van der Waals surface area contributed by atoms with Crippen molar-refractivity contribution in [2.24, 2.45) is 0 Å². The van der Waals surface area contributed by atoms with Gasteiger partial charge < -0.3 is 9.47 Å². The zero-order valence-corrected chi connectivity index (χ0v) is 18.3. The fraction of sp³-hybridized carbons (Fsp3) is 0.474. The molecule has 1 atom stereocenters. The van der Waals surface area contributed by atoms with Crippen molar-refractivity contribution in [3.8, 4) is 0 Å². The first kappa shape index (κ1) is 22.9. The largest absolute Gasteiger partial charge is 0.458 e. The molecule has 9 heteroatoms. The van der Waals surface area contributed by atoms with Gasteiger partial charge in [-0.2, -0.15) is 0 Å². The maximum absolute atomic E-state index is 12.2. The minimum absolute atomic E-state index is 0.0227. The number of nitrogens with zero attached hydrogens (tertiary/aromatic N) is 1. The number of ether oxygens (including phenoxy) is 2. The average Bonchev–Trinajstić information content (AvgIpc) is 3.07. The number of aromatic nitrogens is 1. The van der Waals surface area contributed by atoms with Gasteiger partial charge in [0.15, 0.2) is 14.2 Å². The number of benzene rings is 1. The summed E-state index contributed by atoms with van der Waals surface area (Å²) in [4.78, 5) is 16.7. The molecule has 0 aliphatic heterocycles. The number of hydrogen-bond acceptors (Lipinski definition) is 8. The molecular formula is C19H25NO5S3. The van der Waals surface area contributed by atoms with Gasteiger partial charge in [0.25, 0.3) is 0 Å². The van der Waals surface area contributed by atoms with Crippen LogP contribution in [-0.2, 0) is 24.1 Å². The van der Waals surface area contributed by atoms with Gasteiger partial charge in [0.2, 0.25) is 0 Å². The van der Waals surface area contributed by atoms with Crippen LogP contribution >= 0.6 is 23.1 Å². The van der Waals surface area contributed by atoms with E-state index in [1.54, 1.807) is 6.08 Å². The van der Waals surface area contributed by atoms with Crippen LogP contribution in [0.5, 0.6) is 0 Å². The Kier molecular flexibility index (Phi) is 9.43. The molecular weight excluding hydrogens is 418 g/mol. The molecule has 154 valence electrons. The molecule has 0 saturated heterocycles. The number of carbonyl (C=O) groups excluding carboxylic acids is 1. The molecule has 0 fully saturated rings. The summed E-state index contributed by atoms with van der Waals surface area (Å²) in [5.41, 5.74) is 0.890. The third-order valence-electron chi connectivity index (χ3n) is 3.67. The summed E-state index contributed by atoms with van der Waals surface area (Å²) in [6.45, 7) is 5.77. The zero-order valence-electron chi connectivity index (χ0n) is 15.8. The van der Waals surface area contributed by atoms with Crippen LogP contribution in [0.15, 0.2) is 41.3 Å². The lowest BCUT2D eigenvalue weighted by Gasteiger charge is -2.17. The molecule has 0 N–H and O–H groups in total. The first-order chi connectivity index (χ1) is 13.4. The van der Waals surface area contributed by atoms with E-state index in [-0.39, 0.29) is 30.5 Å². The Morgan fingerprint density at radius 1 is 1.39 bits per heavy atom. The molecule has 0 spiro atoms. The van der Waals surface area contributed by atoms with E-state index in [4.69, 9.17) is 9.47 Å². The molecule has 6 nitrogen and oxygen atoms in total. The Hall–Kier alpha value is -1.42. The van der Waals surface area contributed by atoms with Crippen molar-refractivity contribution in [3.05, 3.63) is 36.9 Å². The summed E-state index contributed by atoms with van der Waals surface area (Å²) in [6, 6.07) is 7.75. The predicted octanol–water partition coefficient (Wildman–Crippen LogP) is 3.72. The molecule has 0 aliphatic carbocycles. The third-order valence-corrected chi connectivity index (χ3v) is 7.62. The summed E-state index contributed by atoms with van der Waals surface area (Å²) in [7, 11) is -3.31. The van der Waals surface area contributed by atoms with E-state index in [0.29, 0.717) is 6.42 Å². The molecule has 0 saturated carbocycles. The molecule has 0 aliphatic rings. The number of fused-ring (bicyclic) bond motifs is 1. The molecule has 1 unspecified atom stereocenters. The summed E-state index contributed by atoms with van der Waals surface area (Å²) < 4.78 is 37.0. The van der Waals surface area contributed by atoms with E-state index < -0.39 is 21.9 Å². The van der Waals surface area contributed by atoms with Gasteiger partial charge in [0, 0.05) is 0 Å². The molecule has 0 bridgehead atoms. The quantitative estimate of drug-likeness (QED) is 0.202. The van der Waals surface area contributed by atoms with Crippen LogP contribution in [-0.4, -0.2) is 55.9 Å². The van der Waals surface area contributed by atoms with Crippen molar-refractivity contribution in [1.82, 2.24) is 4.98 Å². The molecule has 1 heterocycles. The first-order valence-electron chi connectivity index (χ1n) is 9.00. The molecule has 0 radical (unpaired) electrons. The lowest BCUT2D eigenvalue weighted by molar-refractivity contribution is -0.147. The monoisotopic (exact) mass is 443 g/mol. The fourth-order valence-corrected chi connectivity index (χ4v) is 5.86. The maximum Gasteiger partial charge on any atom is 0.316 e. The van der Waals surface area contributed by atoms with Crippen molar-refractivity contribution in [2.45, 2.75) is 30.2 Å². The number of thioether (sulfide) groups is 1. The van der Waals surface area contributed by atoms with Crippen molar-refractivity contribution in [1.29, 1.82) is 0 Å². The second kappa shape index (κ2) is 11.5. The van der Waals surface area contributed by atoms with E-state index in [2.05, 4.69) is 11.6 Å². The number of para-hydroxylation sites is 1. The van der Waals surface area contributed by atoms with E-state index in [1.165, 1.54) is 23.1 Å². The maximum atomic E-state index is 12.2. The van der Waals surface area contributed by atoms with Crippen LogP contribution in [0.2, 0.25) is 0 Å². The van der Waals surface area contributed by atoms with Gasteiger partial charge in [-0.1, -0.05) is 43.3 Å². The number of unbranched alkanes of at least 4 members (excludes halogenated alkanes) is 1. The van der Waals surface area contributed by atoms with E-state index >= 15 is 0 Å². The van der Waals surface area contributed by atoms with Gasteiger partial charge >= 0.3 is 5.97 Å². The SMILES string of the molecule is C=CCOCC(CS(=O)(=O)CCCC)OC(=O)CSc1nc2ccccc2s1. The Morgan fingerprint density at radius 2 is 2.18 bits per heavy atom. The lowest BCUT2D eigenvalue weighted by Crippen LogP contribution is -2.32. The highest BCUT2D eigenvalue weighted by atomic mass is 32.2. The van der Waals surface area contributed by atoms with Crippen LogP contribution in [0, 0.1) is 0 Å². The minimum Gasteiger partial charge on any atom is -0.458 e. The Bertz CT molecular complexity index is 846.